The van der Waals surface area contributed by atoms with Crippen LogP contribution in [0.1, 0.15) is 17.2 Å². The molecule has 0 heterocycles. The second kappa shape index (κ2) is 4.87. The molecule has 0 spiro atoms. The quantitative estimate of drug-likeness (QED) is 0.816. The summed E-state index contributed by atoms with van der Waals surface area (Å²) in [5, 5.41) is 9.64. The maximum Gasteiger partial charge on any atom is 0.137 e. The zero-order valence-corrected chi connectivity index (χ0v) is 9.51. The van der Waals surface area contributed by atoms with Crippen molar-refractivity contribution in [3.8, 4) is 5.75 Å². The van der Waals surface area contributed by atoms with Crippen molar-refractivity contribution < 1.29 is 9.84 Å². The monoisotopic (exact) mass is 234 g/mol. The van der Waals surface area contributed by atoms with Gasteiger partial charge in [-0.2, -0.15) is 0 Å². The molecule has 4 heteroatoms. The van der Waals surface area contributed by atoms with Crippen LogP contribution in [0.5, 0.6) is 5.75 Å². The normalized spacial score (nSPS) is 13.0. The van der Waals surface area contributed by atoms with Crippen molar-refractivity contribution in [3.63, 3.8) is 0 Å². The first-order chi connectivity index (χ1) is 6.56. The van der Waals surface area contributed by atoms with Crippen molar-refractivity contribution in [1.29, 1.82) is 0 Å². The first-order valence-electron chi connectivity index (χ1n) is 4.17. The first kappa shape index (κ1) is 11.6. The minimum atomic E-state index is -0.857. The van der Waals surface area contributed by atoms with Crippen LogP contribution in [0.2, 0.25) is 0 Å². The van der Waals surface area contributed by atoms with Crippen LogP contribution >= 0.6 is 23.2 Å². The lowest BCUT2D eigenvalue weighted by molar-refractivity contribution is 0.192. The van der Waals surface area contributed by atoms with Crippen LogP contribution in [0.25, 0.3) is 0 Å². The van der Waals surface area contributed by atoms with Crippen LogP contribution in [-0.4, -0.2) is 17.1 Å². The number of ether oxygens (including phenoxy) is 1. The third kappa shape index (κ3) is 2.53. The molecule has 0 fully saturated rings. The number of alkyl halides is 2. The highest BCUT2D eigenvalue weighted by molar-refractivity contribution is 6.44. The lowest BCUT2D eigenvalue weighted by Crippen LogP contribution is -2.07. The molecule has 1 atom stereocenters. The van der Waals surface area contributed by atoms with Gasteiger partial charge in [-0.3, -0.25) is 0 Å². The van der Waals surface area contributed by atoms with Gasteiger partial charge in [-0.25, -0.2) is 0 Å². The summed E-state index contributed by atoms with van der Waals surface area (Å²) in [4.78, 5) is -0.818. The van der Waals surface area contributed by atoms with Crippen molar-refractivity contribution in [3.05, 3.63) is 29.3 Å². The molecule has 0 aliphatic heterocycles. The Balaban J connectivity index is 2.99. The van der Waals surface area contributed by atoms with Gasteiger partial charge in [0.05, 0.1) is 7.11 Å². The molecular weight excluding hydrogens is 223 g/mol. The fraction of sp³-hybridized carbons (Fsp3) is 0.400. The largest absolute Gasteiger partial charge is 0.497 e. The smallest absolute Gasteiger partial charge is 0.137 e. The highest BCUT2D eigenvalue weighted by atomic mass is 35.5. The molecule has 1 aromatic rings. The molecule has 0 aromatic heterocycles. The maximum absolute atomic E-state index is 9.64. The summed E-state index contributed by atoms with van der Waals surface area (Å²) >= 11 is 11.2. The molecule has 1 rings (SSSR count). The predicted molar refractivity (Wildman–Crippen MR) is 58.2 cm³/mol. The second-order valence-electron chi connectivity index (χ2n) is 3.00. The standard InChI is InChI=1S/C10H12Cl2O2/c1-6-5-7(14-2)3-4-8(6)9(13)10(11)12/h3-5,9-10,13H,1-2H3. The van der Waals surface area contributed by atoms with E-state index < -0.39 is 10.9 Å². The van der Waals surface area contributed by atoms with Gasteiger partial charge in [0, 0.05) is 0 Å². The lowest BCUT2D eigenvalue weighted by atomic mass is 10.0. The van der Waals surface area contributed by atoms with E-state index >= 15 is 0 Å². The van der Waals surface area contributed by atoms with E-state index in [1.165, 1.54) is 0 Å². The summed E-state index contributed by atoms with van der Waals surface area (Å²) in [7, 11) is 1.59. The van der Waals surface area contributed by atoms with E-state index in [4.69, 9.17) is 27.9 Å². The van der Waals surface area contributed by atoms with Crippen LogP contribution in [0.3, 0.4) is 0 Å². The van der Waals surface area contributed by atoms with Crippen molar-refractivity contribution in [2.75, 3.05) is 7.11 Å². The number of aryl methyl sites for hydroxylation is 1. The van der Waals surface area contributed by atoms with Crippen molar-refractivity contribution in [2.24, 2.45) is 0 Å². The average Bonchev–Trinajstić information content (AvgIpc) is 2.16. The molecule has 1 N–H and O–H groups in total. The molecule has 1 unspecified atom stereocenters. The summed E-state index contributed by atoms with van der Waals surface area (Å²) in [5.74, 6) is 0.749. The third-order valence-electron chi connectivity index (χ3n) is 2.03. The fourth-order valence-corrected chi connectivity index (χ4v) is 1.51. The minimum absolute atomic E-state index is 0.723. The zero-order chi connectivity index (χ0) is 10.7. The minimum Gasteiger partial charge on any atom is -0.497 e. The number of benzene rings is 1. The Labute approximate surface area is 93.4 Å². The average molecular weight is 235 g/mol. The highest BCUT2D eigenvalue weighted by Crippen LogP contribution is 2.28. The Morgan fingerprint density at radius 1 is 1.36 bits per heavy atom. The van der Waals surface area contributed by atoms with Gasteiger partial charge >= 0.3 is 0 Å². The SMILES string of the molecule is COc1ccc(C(O)C(Cl)Cl)c(C)c1. The number of methoxy groups -OCH3 is 1. The summed E-state index contributed by atoms with van der Waals surface area (Å²) in [5.41, 5.74) is 1.63. The van der Waals surface area contributed by atoms with Gasteiger partial charge in [-0.05, 0) is 30.2 Å². The van der Waals surface area contributed by atoms with Crippen LogP contribution in [0.15, 0.2) is 18.2 Å². The van der Waals surface area contributed by atoms with Gasteiger partial charge in [0.1, 0.15) is 16.7 Å². The van der Waals surface area contributed by atoms with Crippen LogP contribution in [0.4, 0.5) is 0 Å². The molecule has 14 heavy (non-hydrogen) atoms. The molecule has 0 saturated heterocycles. The highest BCUT2D eigenvalue weighted by Gasteiger charge is 2.17. The number of hydrogen-bond acceptors (Lipinski definition) is 2. The summed E-state index contributed by atoms with van der Waals surface area (Å²) in [6, 6.07) is 5.35. The van der Waals surface area contributed by atoms with E-state index in [2.05, 4.69) is 0 Å². The van der Waals surface area contributed by atoms with E-state index in [9.17, 15) is 5.11 Å². The number of hydrogen-bond donors (Lipinski definition) is 1. The van der Waals surface area contributed by atoms with Crippen LogP contribution in [0, 0.1) is 6.92 Å². The Bertz CT molecular complexity index is 313. The zero-order valence-electron chi connectivity index (χ0n) is 8.00. The molecule has 78 valence electrons. The second-order valence-corrected chi connectivity index (χ2v) is 4.17. The molecule has 0 aliphatic carbocycles. The van der Waals surface area contributed by atoms with Crippen LogP contribution < -0.4 is 4.74 Å². The summed E-state index contributed by atoms with van der Waals surface area (Å²) < 4.78 is 5.04. The Morgan fingerprint density at radius 2 is 2.00 bits per heavy atom. The van der Waals surface area contributed by atoms with Gasteiger partial charge in [0.15, 0.2) is 0 Å². The summed E-state index contributed by atoms with van der Waals surface area (Å²) in [6.45, 7) is 1.87. The number of rotatable bonds is 3. The third-order valence-corrected chi connectivity index (χ3v) is 2.51. The molecule has 0 aliphatic rings. The lowest BCUT2D eigenvalue weighted by Gasteiger charge is -2.15. The predicted octanol–water partition coefficient (Wildman–Crippen LogP) is 2.84. The van der Waals surface area contributed by atoms with Gasteiger partial charge in [0.2, 0.25) is 0 Å². The molecule has 0 radical (unpaired) electrons. The van der Waals surface area contributed by atoms with E-state index in [1.54, 1.807) is 19.2 Å². The van der Waals surface area contributed by atoms with Gasteiger partial charge in [-0.1, -0.05) is 6.07 Å². The Morgan fingerprint density at radius 3 is 2.43 bits per heavy atom. The molecule has 0 bridgehead atoms. The van der Waals surface area contributed by atoms with Crippen molar-refractivity contribution >= 4 is 23.2 Å². The van der Waals surface area contributed by atoms with Gasteiger partial charge in [0.25, 0.3) is 0 Å². The summed E-state index contributed by atoms with van der Waals surface area (Å²) in [6.07, 6.45) is -0.857. The van der Waals surface area contributed by atoms with Crippen molar-refractivity contribution in [1.82, 2.24) is 0 Å². The fourth-order valence-electron chi connectivity index (χ4n) is 1.24. The van der Waals surface area contributed by atoms with E-state index in [0.29, 0.717) is 0 Å². The molecule has 1 aromatic carbocycles. The van der Waals surface area contributed by atoms with Crippen LogP contribution in [-0.2, 0) is 0 Å². The Kier molecular flexibility index (Phi) is 4.05. The number of halogens is 2. The Hall–Kier alpha value is -0.440. The molecule has 2 nitrogen and oxygen atoms in total. The van der Waals surface area contributed by atoms with E-state index in [1.807, 2.05) is 13.0 Å². The maximum atomic E-state index is 9.64. The van der Waals surface area contributed by atoms with E-state index in [-0.39, 0.29) is 0 Å². The van der Waals surface area contributed by atoms with E-state index in [0.717, 1.165) is 16.9 Å². The first-order valence-corrected chi connectivity index (χ1v) is 5.04. The van der Waals surface area contributed by atoms with Gasteiger partial charge in [-0.15, -0.1) is 23.2 Å². The molecule has 0 amide bonds. The molecule has 0 saturated carbocycles. The topological polar surface area (TPSA) is 29.5 Å². The van der Waals surface area contributed by atoms with Gasteiger partial charge < -0.3 is 9.84 Å². The number of aliphatic hydroxyl groups excluding tert-OH is 1. The van der Waals surface area contributed by atoms with Crippen molar-refractivity contribution in [2.45, 2.75) is 17.9 Å². The molecular formula is C10H12Cl2O2. The number of aliphatic hydroxyl groups is 1.